The number of nitrogens with zero attached hydrogens (tertiary/aromatic N) is 4. The number of likely N-dealkylation sites (tertiary alicyclic amines) is 1. The molecular weight excluding hydrogens is 450 g/mol. The number of hydrogen-bond acceptors (Lipinski definition) is 6. The van der Waals surface area contributed by atoms with Gasteiger partial charge < -0.3 is 23.7 Å². The highest BCUT2D eigenvalue weighted by molar-refractivity contribution is 7.98. The average Bonchev–Trinajstić information content (AvgIpc) is 3.22. The van der Waals surface area contributed by atoms with E-state index in [0.717, 1.165) is 61.4 Å². The van der Waals surface area contributed by atoms with Crippen LogP contribution < -0.4 is 9.62 Å². The van der Waals surface area contributed by atoms with Gasteiger partial charge in [-0.2, -0.15) is 0 Å². The van der Waals surface area contributed by atoms with Crippen LogP contribution in [-0.2, 0) is 25.9 Å². The lowest BCUT2D eigenvalue weighted by Crippen LogP contribution is -2.36. The second-order valence-electron chi connectivity index (χ2n) is 9.53. The molecule has 2 aromatic heterocycles. The third-order valence-electron chi connectivity index (χ3n) is 6.81. The molecule has 182 valence electrons. The molecular formula is C25H33N5O3S. The van der Waals surface area contributed by atoms with E-state index in [2.05, 4.69) is 44.5 Å². The van der Waals surface area contributed by atoms with Crippen molar-refractivity contribution in [3.8, 4) is 11.3 Å². The highest BCUT2D eigenvalue weighted by Gasteiger charge is 2.22. The molecule has 4 heterocycles. The Morgan fingerprint density at radius 1 is 1.15 bits per heavy atom. The van der Waals surface area contributed by atoms with Crippen LogP contribution >= 0.6 is 0 Å². The second-order valence-corrected chi connectivity index (χ2v) is 11.3. The molecule has 3 aromatic rings. The van der Waals surface area contributed by atoms with Crippen LogP contribution in [0.25, 0.3) is 22.2 Å². The number of ether oxygens (including phenoxy) is 1. The molecule has 34 heavy (non-hydrogen) atoms. The van der Waals surface area contributed by atoms with Crippen molar-refractivity contribution in [1.82, 2.24) is 14.5 Å². The minimum atomic E-state index is -3.35. The molecule has 8 nitrogen and oxygen atoms in total. The first-order valence-corrected chi connectivity index (χ1v) is 13.8. The summed E-state index contributed by atoms with van der Waals surface area (Å²) in [5.74, 6) is 1.64. The number of rotatable bonds is 6. The second kappa shape index (κ2) is 9.65. The number of pyridine rings is 1. The minimum Gasteiger partial charge on any atom is -0.593 e. The maximum atomic E-state index is 11.8. The van der Waals surface area contributed by atoms with Gasteiger partial charge in [0.25, 0.3) is 0 Å². The van der Waals surface area contributed by atoms with Gasteiger partial charge in [0.05, 0.1) is 30.1 Å². The Labute approximate surface area is 202 Å². The number of aromatic nitrogens is 2. The Hall–Kier alpha value is -2.46. The van der Waals surface area contributed by atoms with Crippen molar-refractivity contribution >= 4 is 32.8 Å². The summed E-state index contributed by atoms with van der Waals surface area (Å²) in [4.78, 5) is 9.78. The molecule has 0 radical (unpaired) electrons. The Morgan fingerprint density at radius 3 is 2.65 bits per heavy atom. The first-order chi connectivity index (χ1) is 16.4. The fraction of sp³-hybridized carbons (Fsp3) is 0.480. The molecule has 5 rings (SSSR count). The van der Waals surface area contributed by atoms with Crippen molar-refractivity contribution < 1.29 is 13.5 Å². The van der Waals surface area contributed by atoms with Gasteiger partial charge in [-0.05, 0) is 63.2 Å². The van der Waals surface area contributed by atoms with Gasteiger partial charge in [-0.1, -0.05) is 16.3 Å². The number of benzene rings is 1. The van der Waals surface area contributed by atoms with E-state index in [4.69, 9.17) is 9.72 Å². The normalized spacial score (nSPS) is 19.9. The van der Waals surface area contributed by atoms with Gasteiger partial charge in [0.2, 0.25) is 0 Å². The van der Waals surface area contributed by atoms with Crippen LogP contribution in [0.1, 0.15) is 12.8 Å². The number of nitrogens with one attached hydrogen (secondary N) is 1. The average molecular weight is 484 g/mol. The molecule has 0 aliphatic carbocycles. The molecule has 1 unspecified atom stereocenters. The van der Waals surface area contributed by atoms with Crippen molar-refractivity contribution in [2.24, 2.45) is 5.92 Å². The molecule has 0 amide bonds. The smallest absolute Gasteiger partial charge is 0.142 e. The largest absolute Gasteiger partial charge is 0.593 e. The predicted molar refractivity (Wildman–Crippen MR) is 137 cm³/mol. The SMILES string of the molecule is CN1CCC(Cn2ccc3c(N4CCOCC4)nc(-c4cccc(N[S+](C)(=O)[O-])c4)cc32)CC1. The molecule has 2 fully saturated rings. The van der Waals surface area contributed by atoms with Crippen molar-refractivity contribution in [2.75, 3.05) is 62.3 Å². The van der Waals surface area contributed by atoms with Gasteiger partial charge in [0, 0.05) is 36.8 Å². The van der Waals surface area contributed by atoms with E-state index in [9.17, 15) is 8.76 Å². The van der Waals surface area contributed by atoms with Crippen LogP contribution in [0.3, 0.4) is 0 Å². The van der Waals surface area contributed by atoms with Gasteiger partial charge in [0.15, 0.2) is 0 Å². The zero-order valence-electron chi connectivity index (χ0n) is 19.9. The fourth-order valence-corrected chi connectivity index (χ4v) is 5.53. The van der Waals surface area contributed by atoms with E-state index in [1.807, 2.05) is 18.2 Å². The quantitative estimate of drug-likeness (QED) is 0.541. The lowest BCUT2D eigenvalue weighted by molar-refractivity contribution is 0.122. The summed E-state index contributed by atoms with van der Waals surface area (Å²) < 4.78 is 34.0. The Kier molecular flexibility index (Phi) is 6.61. The topological polar surface area (TPSA) is 85.7 Å². The van der Waals surface area contributed by atoms with Gasteiger partial charge in [-0.3, -0.25) is 0 Å². The van der Waals surface area contributed by atoms with Gasteiger partial charge >= 0.3 is 0 Å². The maximum Gasteiger partial charge on any atom is 0.142 e. The molecule has 1 N–H and O–H groups in total. The molecule has 0 spiro atoms. The first kappa shape index (κ1) is 23.3. The maximum absolute atomic E-state index is 11.8. The van der Waals surface area contributed by atoms with E-state index < -0.39 is 10.4 Å². The summed E-state index contributed by atoms with van der Waals surface area (Å²) in [7, 11) is -1.16. The predicted octanol–water partition coefficient (Wildman–Crippen LogP) is 3.47. The molecule has 1 atom stereocenters. The molecule has 2 aliphatic heterocycles. The van der Waals surface area contributed by atoms with E-state index in [0.29, 0.717) is 24.8 Å². The van der Waals surface area contributed by atoms with Gasteiger partial charge in [-0.15, -0.1) is 0 Å². The fourth-order valence-electron chi connectivity index (χ4n) is 4.97. The van der Waals surface area contributed by atoms with Crippen molar-refractivity contribution in [2.45, 2.75) is 19.4 Å². The molecule has 2 saturated heterocycles. The number of hydrogen-bond donors (Lipinski definition) is 1. The summed E-state index contributed by atoms with van der Waals surface area (Å²) in [5, 5.41) is 1.16. The highest BCUT2D eigenvalue weighted by Crippen LogP contribution is 2.33. The van der Waals surface area contributed by atoms with E-state index in [1.165, 1.54) is 18.4 Å². The van der Waals surface area contributed by atoms with E-state index >= 15 is 0 Å². The minimum absolute atomic E-state index is 0.538. The van der Waals surface area contributed by atoms with Gasteiger partial charge in [-0.25, -0.2) is 9.71 Å². The molecule has 1 aromatic carbocycles. The van der Waals surface area contributed by atoms with Crippen molar-refractivity contribution in [3.63, 3.8) is 0 Å². The van der Waals surface area contributed by atoms with Crippen LogP contribution in [0, 0.1) is 5.92 Å². The molecule has 9 heteroatoms. The van der Waals surface area contributed by atoms with E-state index in [-0.39, 0.29) is 0 Å². The van der Waals surface area contributed by atoms with Crippen LogP contribution in [0.4, 0.5) is 11.5 Å². The zero-order valence-corrected chi connectivity index (χ0v) is 20.7. The van der Waals surface area contributed by atoms with Crippen molar-refractivity contribution in [3.05, 3.63) is 42.6 Å². The van der Waals surface area contributed by atoms with Gasteiger partial charge in [0.1, 0.15) is 22.5 Å². The number of anilines is 2. The molecule has 0 bridgehead atoms. The number of morpholine rings is 1. The number of fused-ring (bicyclic) bond motifs is 1. The van der Waals surface area contributed by atoms with Crippen LogP contribution in [0.15, 0.2) is 42.6 Å². The highest BCUT2D eigenvalue weighted by atomic mass is 32.3. The number of piperidine rings is 1. The summed E-state index contributed by atoms with van der Waals surface area (Å²) >= 11 is 0. The monoisotopic (exact) mass is 483 g/mol. The number of sulfonamides is 1. The van der Waals surface area contributed by atoms with Crippen LogP contribution in [-0.4, -0.2) is 71.7 Å². The van der Waals surface area contributed by atoms with Crippen molar-refractivity contribution in [1.29, 1.82) is 0 Å². The third-order valence-corrected chi connectivity index (χ3v) is 7.42. The van der Waals surface area contributed by atoms with Crippen LogP contribution in [0.5, 0.6) is 0 Å². The Bertz CT molecular complexity index is 1190. The summed E-state index contributed by atoms with van der Waals surface area (Å²) in [6.07, 6.45) is 5.78. The van der Waals surface area contributed by atoms with Crippen LogP contribution in [0.2, 0.25) is 0 Å². The van der Waals surface area contributed by atoms with E-state index in [1.54, 1.807) is 6.07 Å². The lowest BCUT2D eigenvalue weighted by atomic mass is 9.97. The Morgan fingerprint density at radius 2 is 1.91 bits per heavy atom. The first-order valence-electron chi connectivity index (χ1n) is 11.9. The molecule has 2 aliphatic rings. The summed E-state index contributed by atoms with van der Waals surface area (Å²) in [6.45, 7) is 6.29. The standard InChI is InChI=1S/C25H33N5O3S/c1-28-9-6-19(7-10-28)18-30-11-8-22-24(30)17-23(26-25(22)29-12-14-33-15-13-29)20-4-3-5-21(16-20)27-34(2,31)32/h3-5,8,11,16-17,19H,6-7,9-10,12-15,18H2,1-2H3,(H-,27,31,32). The summed E-state index contributed by atoms with van der Waals surface area (Å²) in [6, 6.07) is 11.8. The lowest BCUT2D eigenvalue weighted by Gasteiger charge is -2.30. The molecule has 0 saturated carbocycles. The Balaban J connectivity index is 1.55. The summed E-state index contributed by atoms with van der Waals surface area (Å²) in [5.41, 5.74) is 3.44. The zero-order chi connectivity index (χ0) is 23.7. The third kappa shape index (κ3) is 5.27.